The van der Waals surface area contributed by atoms with Gasteiger partial charge in [0, 0.05) is 17.8 Å². The van der Waals surface area contributed by atoms with E-state index in [2.05, 4.69) is 80.3 Å². The molecule has 0 amide bonds. The fourth-order valence-electron chi connectivity index (χ4n) is 6.66. The Morgan fingerprint density at radius 1 is 0.651 bits per heavy atom. The van der Waals surface area contributed by atoms with Crippen molar-refractivity contribution in [3.63, 3.8) is 0 Å². The number of benzene rings is 1. The van der Waals surface area contributed by atoms with Gasteiger partial charge in [-0.3, -0.25) is 4.79 Å². The minimum absolute atomic E-state index is 0.143. The van der Waals surface area contributed by atoms with Crippen molar-refractivity contribution < 1.29 is 4.79 Å². The molecular formula is C41H67NO. The minimum atomic E-state index is 0.143. The van der Waals surface area contributed by atoms with Crippen molar-refractivity contribution in [1.82, 2.24) is 4.90 Å². The van der Waals surface area contributed by atoms with Gasteiger partial charge < -0.3 is 4.90 Å². The summed E-state index contributed by atoms with van der Waals surface area (Å²) in [6, 6.07) is 4.84. The molecule has 2 heteroatoms. The molecule has 1 fully saturated rings. The van der Waals surface area contributed by atoms with Crippen molar-refractivity contribution in [3.8, 4) is 0 Å². The number of likely N-dealkylation sites (tertiary alicyclic amines) is 1. The number of nitrogens with zero attached hydrogens (tertiary/aromatic N) is 1. The zero-order valence-corrected chi connectivity index (χ0v) is 29.6. The predicted octanol–water partition coefficient (Wildman–Crippen LogP) is 12.5. The van der Waals surface area contributed by atoms with Gasteiger partial charge in [0.25, 0.3) is 0 Å². The van der Waals surface area contributed by atoms with Crippen molar-refractivity contribution in [1.29, 1.82) is 0 Å². The van der Waals surface area contributed by atoms with E-state index in [1.54, 1.807) is 0 Å². The Morgan fingerprint density at radius 2 is 1.00 bits per heavy atom. The number of carbonyl (C=O) groups excluding carboxylic acids is 1. The Hall–Kier alpha value is -2.09. The summed E-state index contributed by atoms with van der Waals surface area (Å²) in [5, 5.41) is 0. The molecule has 242 valence electrons. The average Bonchev–Trinajstić information content (AvgIpc) is 3.23. The quantitative estimate of drug-likeness (QED) is 0.141. The Bertz CT molecular complexity index is 1010. The van der Waals surface area contributed by atoms with E-state index in [0.717, 1.165) is 37.1 Å². The number of ketones is 1. The summed E-state index contributed by atoms with van der Waals surface area (Å²) < 4.78 is 0. The first-order valence-corrected chi connectivity index (χ1v) is 17.7. The summed E-state index contributed by atoms with van der Waals surface area (Å²) in [7, 11) is 0. The highest BCUT2D eigenvalue weighted by molar-refractivity contribution is 5.81. The second-order valence-electron chi connectivity index (χ2n) is 15.5. The maximum absolute atomic E-state index is 12.3. The number of unbranched alkanes of at least 4 members (excludes halogenated alkanes) is 13. The van der Waals surface area contributed by atoms with Crippen LogP contribution in [0.4, 0.5) is 0 Å². The van der Waals surface area contributed by atoms with Crippen LogP contribution in [0.2, 0.25) is 0 Å². The van der Waals surface area contributed by atoms with Crippen molar-refractivity contribution in [2.75, 3.05) is 6.54 Å². The molecule has 0 atom stereocenters. The van der Waals surface area contributed by atoms with Crippen molar-refractivity contribution >= 4 is 11.4 Å². The molecule has 1 aromatic carbocycles. The lowest BCUT2D eigenvalue weighted by molar-refractivity contribution is -0.119. The van der Waals surface area contributed by atoms with E-state index in [9.17, 15) is 4.79 Å². The summed E-state index contributed by atoms with van der Waals surface area (Å²) in [5.74, 6) is 0.335. The van der Waals surface area contributed by atoms with E-state index in [1.807, 2.05) is 4.90 Å². The molecule has 1 aliphatic heterocycles. The van der Waals surface area contributed by atoms with Crippen LogP contribution in [-0.2, 0) is 15.6 Å². The standard InChI is InChI=1S/C41H67NO/c1-32(36-29-38(40(5,6)7)35(4)39(30-36)41(8,9)10)25-23-21-19-17-15-13-11-12-14-16-18-20-22-24-26-37(43)31-42-33(2)27-28-34(42)3/h29-30H,1-3,11-28,31H2,4-10H3. The first-order chi connectivity index (χ1) is 20.2. The fourth-order valence-corrected chi connectivity index (χ4v) is 6.66. The molecule has 1 saturated heterocycles. The Labute approximate surface area is 267 Å². The highest BCUT2D eigenvalue weighted by atomic mass is 16.1. The SMILES string of the molecule is C=C(CCCCCCCCCCCCCCCCC(=O)CN1C(=C)CCC1=C)c1cc(C(C)(C)C)c(C)c(C(C)(C)C)c1. The van der Waals surface area contributed by atoms with Crippen LogP contribution < -0.4 is 0 Å². The van der Waals surface area contributed by atoms with Gasteiger partial charge in [0.2, 0.25) is 0 Å². The van der Waals surface area contributed by atoms with Crippen LogP contribution in [0.25, 0.3) is 5.57 Å². The molecule has 2 nitrogen and oxygen atoms in total. The maximum atomic E-state index is 12.3. The molecule has 1 aliphatic rings. The molecule has 43 heavy (non-hydrogen) atoms. The fraction of sp³-hybridized carbons (Fsp3) is 0.683. The van der Waals surface area contributed by atoms with Gasteiger partial charge in [-0.25, -0.2) is 0 Å². The van der Waals surface area contributed by atoms with Gasteiger partial charge in [-0.15, -0.1) is 0 Å². The van der Waals surface area contributed by atoms with Crippen LogP contribution >= 0.6 is 0 Å². The summed E-state index contributed by atoms with van der Waals surface area (Å²) >= 11 is 0. The molecule has 0 spiro atoms. The van der Waals surface area contributed by atoms with Gasteiger partial charge in [0.1, 0.15) is 0 Å². The first kappa shape index (κ1) is 37.1. The van der Waals surface area contributed by atoms with Gasteiger partial charge in [0.15, 0.2) is 5.78 Å². The molecule has 0 N–H and O–H groups in total. The van der Waals surface area contributed by atoms with Crippen LogP contribution in [0.5, 0.6) is 0 Å². The van der Waals surface area contributed by atoms with Gasteiger partial charge >= 0.3 is 0 Å². The minimum Gasteiger partial charge on any atom is -0.342 e. The smallest absolute Gasteiger partial charge is 0.152 e. The van der Waals surface area contributed by atoms with E-state index >= 15 is 0 Å². The van der Waals surface area contributed by atoms with E-state index < -0.39 is 0 Å². The highest BCUT2D eigenvalue weighted by Gasteiger charge is 2.25. The molecule has 1 aromatic rings. The third-order valence-corrected chi connectivity index (χ3v) is 9.42. The molecule has 1 heterocycles. The van der Waals surface area contributed by atoms with Crippen molar-refractivity contribution in [3.05, 3.63) is 65.5 Å². The number of rotatable bonds is 20. The molecular weight excluding hydrogens is 522 g/mol. The monoisotopic (exact) mass is 590 g/mol. The molecule has 0 radical (unpaired) electrons. The zero-order valence-electron chi connectivity index (χ0n) is 29.6. The Kier molecular flexibility index (Phi) is 15.5. The van der Waals surface area contributed by atoms with Crippen LogP contribution in [0.15, 0.2) is 43.3 Å². The average molecular weight is 590 g/mol. The van der Waals surface area contributed by atoms with E-state index in [0.29, 0.717) is 18.7 Å². The molecule has 0 aliphatic carbocycles. The number of allylic oxidation sites excluding steroid dienone is 3. The predicted molar refractivity (Wildman–Crippen MR) is 191 cm³/mol. The largest absolute Gasteiger partial charge is 0.342 e. The van der Waals surface area contributed by atoms with Crippen molar-refractivity contribution in [2.24, 2.45) is 0 Å². The van der Waals surface area contributed by atoms with Crippen LogP contribution in [0.3, 0.4) is 0 Å². The normalized spacial score (nSPS) is 14.2. The van der Waals surface area contributed by atoms with Crippen LogP contribution in [0, 0.1) is 6.92 Å². The lowest BCUT2D eigenvalue weighted by Crippen LogP contribution is -2.23. The number of carbonyl (C=O) groups is 1. The van der Waals surface area contributed by atoms with Crippen LogP contribution in [-0.4, -0.2) is 17.2 Å². The number of Topliss-reactive ketones (excluding diaryl/α,β-unsaturated/α-hetero) is 1. The molecule has 0 bridgehead atoms. The Balaban J connectivity index is 1.47. The maximum Gasteiger partial charge on any atom is 0.152 e. The van der Waals surface area contributed by atoms with Crippen molar-refractivity contribution in [2.45, 2.75) is 175 Å². The first-order valence-electron chi connectivity index (χ1n) is 17.7. The third-order valence-electron chi connectivity index (χ3n) is 9.42. The van der Waals surface area contributed by atoms with Gasteiger partial charge in [-0.05, 0) is 77.7 Å². The van der Waals surface area contributed by atoms with Crippen LogP contribution in [0.1, 0.15) is 179 Å². The van der Waals surface area contributed by atoms with Gasteiger partial charge in [-0.1, -0.05) is 150 Å². The second kappa shape index (κ2) is 18.0. The summed E-state index contributed by atoms with van der Waals surface area (Å²) in [5.41, 5.74) is 9.43. The van der Waals surface area contributed by atoms with E-state index in [1.165, 1.54) is 111 Å². The lowest BCUT2D eigenvalue weighted by atomic mass is 9.75. The number of hydrogen-bond donors (Lipinski definition) is 0. The third kappa shape index (κ3) is 13.2. The highest BCUT2D eigenvalue weighted by Crippen LogP contribution is 2.37. The summed E-state index contributed by atoms with van der Waals surface area (Å²) in [6.07, 6.45) is 22.1. The van der Waals surface area contributed by atoms with Gasteiger partial charge in [0.05, 0.1) is 6.54 Å². The topological polar surface area (TPSA) is 20.3 Å². The molecule has 0 aromatic heterocycles. The van der Waals surface area contributed by atoms with E-state index in [-0.39, 0.29) is 10.8 Å². The lowest BCUT2D eigenvalue weighted by Gasteiger charge is -2.30. The Morgan fingerprint density at radius 3 is 1.37 bits per heavy atom. The zero-order chi connectivity index (χ0) is 32.0. The van der Waals surface area contributed by atoms with Gasteiger partial charge in [-0.2, -0.15) is 0 Å². The summed E-state index contributed by atoms with van der Waals surface area (Å²) in [6.45, 7) is 29.4. The second-order valence-corrected chi connectivity index (χ2v) is 15.5. The summed E-state index contributed by atoms with van der Waals surface area (Å²) in [4.78, 5) is 14.3. The van der Waals surface area contributed by atoms with E-state index in [4.69, 9.17) is 0 Å². The number of hydrogen-bond acceptors (Lipinski definition) is 2. The molecule has 0 saturated carbocycles. The molecule has 0 unspecified atom stereocenters. The molecule has 2 rings (SSSR count).